The van der Waals surface area contributed by atoms with Gasteiger partial charge in [-0.1, -0.05) is 107 Å². The van der Waals surface area contributed by atoms with Gasteiger partial charge in [0.15, 0.2) is 0 Å². The van der Waals surface area contributed by atoms with Crippen LogP contribution in [0.3, 0.4) is 0 Å². The van der Waals surface area contributed by atoms with Crippen LogP contribution in [0, 0.1) is 11.3 Å². The Morgan fingerprint density at radius 2 is 1.36 bits per heavy atom. The zero-order chi connectivity index (χ0) is 20.6. The summed E-state index contributed by atoms with van der Waals surface area (Å²) in [6.07, 6.45) is 8.64. The fraction of sp³-hybridized carbons (Fsp3) is 0.259. The van der Waals surface area contributed by atoms with Gasteiger partial charge in [-0.05, 0) is 51.4 Å². The second kappa shape index (κ2) is 9.94. The van der Waals surface area contributed by atoms with E-state index in [1.807, 2.05) is 12.1 Å². The summed E-state index contributed by atoms with van der Waals surface area (Å²) in [7, 11) is 0. The van der Waals surface area contributed by atoms with Crippen LogP contribution in [0.1, 0.15) is 45.7 Å². The highest BCUT2D eigenvalue weighted by atomic mass is 16.3. The summed E-state index contributed by atoms with van der Waals surface area (Å²) in [6, 6.07) is 22.2. The third-order valence-corrected chi connectivity index (χ3v) is 4.12. The quantitative estimate of drug-likeness (QED) is 0.494. The van der Waals surface area contributed by atoms with Gasteiger partial charge >= 0.3 is 0 Å². The fourth-order valence-corrected chi connectivity index (χ4v) is 2.55. The van der Waals surface area contributed by atoms with Gasteiger partial charge in [0, 0.05) is 0 Å². The molecule has 0 heterocycles. The van der Waals surface area contributed by atoms with Crippen molar-refractivity contribution >= 4 is 22.9 Å². The van der Waals surface area contributed by atoms with Crippen molar-refractivity contribution in [3.05, 3.63) is 90.0 Å². The first-order chi connectivity index (χ1) is 13.2. The minimum atomic E-state index is 0.206. The van der Waals surface area contributed by atoms with Crippen molar-refractivity contribution in [3.63, 3.8) is 0 Å². The van der Waals surface area contributed by atoms with Gasteiger partial charge in [-0.3, -0.25) is 0 Å². The molecule has 1 heteroatoms. The molecule has 0 fully saturated rings. The highest BCUT2D eigenvalue weighted by Crippen LogP contribution is 2.18. The molecule has 0 atom stereocenters. The topological polar surface area (TPSA) is 20.2 Å². The summed E-state index contributed by atoms with van der Waals surface area (Å²) in [5.74, 6) is 0.921. The number of hydrogen-bond acceptors (Lipinski definition) is 1. The van der Waals surface area contributed by atoms with E-state index in [0.717, 1.165) is 5.56 Å². The molecule has 0 aliphatic rings. The molecule has 1 N–H and O–H groups in total. The second-order valence-electron chi connectivity index (χ2n) is 8.50. The normalized spacial score (nSPS) is 11.9. The molecule has 0 saturated heterocycles. The lowest BCUT2D eigenvalue weighted by Gasteiger charge is -2.10. The Bertz CT molecular complexity index is 922. The van der Waals surface area contributed by atoms with Crippen LogP contribution in [-0.2, 0) is 0 Å². The molecular weight excluding hydrogens is 340 g/mol. The van der Waals surface area contributed by atoms with E-state index in [4.69, 9.17) is 5.11 Å². The third kappa shape index (κ3) is 7.84. The lowest BCUT2D eigenvalue weighted by molar-refractivity contribution is 0.475. The summed E-state index contributed by atoms with van der Waals surface area (Å²) in [6.45, 7) is 10.9. The van der Waals surface area contributed by atoms with Crippen LogP contribution in [0.5, 0.6) is 5.75 Å². The van der Waals surface area contributed by atoms with E-state index in [1.165, 1.54) is 16.3 Å². The maximum Gasteiger partial charge on any atom is 0.115 e. The second-order valence-corrected chi connectivity index (χ2v) is 8.50. The van der Waals surface area contributed by atoms with E-state index >= 15 is 0 Å². The van der Waals surface area contributed by atoms with E-state index in [0.29, 0.717) is 11.7 Å². The molecule has 3 aromatic carbocycles. The highest BCUT2D eigenvalue weighted by molar-refractivity contribution is 5.84. The molecule has 3 rings (SSSR count). The summed E-state index contributed by atoms with van der Waals surface area (Å²) in [5, 5.41) is 11.7. The van der Waals surface area contributed by atoms with E-state index in [-0.39, 0.29) is 5.41 Å². The fourth-order valence-electron chi connectivity index (χ4n) is 2.55. The maximum absolute atomic E-state index is 9.06. The predicted molar refractivity (Wildman–Crippen MR) is 124 cm³/mol. The van der Waals surface area contributed by atoms with Gasteiger partial charge < -0.3 is 5.11 Å². The molecule has 0 aliphatic heterocycles. The molecule has 0 aromatic heterocycles. The molecule has 3 aromatic rings. The van der Waals surface area contributed by atoms with Crippen LogP contribution in [0.25, 0.3) is 22.9 Å². The van der Waals surface area contributed by atoms with Crippen molar-refractivity contribution in [2.75, 3.05) is 0 Å². The number of fused-ring (bicyclic) bond motifs is 1. The first kappa shape index (κ1) is 21.5. The summed E-state index contributed by atoms with van der Waals surface area (Å²) in [5.41, 5.74) is 2.60. The molecule has 146 valence electrons. The molecule has 0 radical (unpaired) electrons. The first-order valence-corrected chi connectivity index (χ1v) is 9.88. The lowest BCUT2D eigenvalue weighted by Crippen LogP contribution is -1.97. The largest absolute Gasteiger partial charge is 0.508 e. The van der Waals surface area contributed by atoms with Crippen LogP contribution in [-0.4, -0.2) is 5.11 Å². The number of rotatable bonds is 3. The van der Waals surface area contributed by atoms with Crippen LogP contribution in [0.4, 0.5) is 0 Å². The van der Waals surface area contributed by atoms with Gasteiger partial charge in [-0.15, -0.1) is 0 Å². The SMILES string of the molecule is CC(C)(C)/C=C/c1ccc(O)cc1.CC(C)/C=C/c1ccc2ccccc2c1. The molecule has 0 bridgehead atoms. The monoisotopic (exact) mass is 372 g/mol. The average molecular weight is 373 g/mol. The van der Waals surface area contributed by atoms with Crippen molar-refractivity contribution < 1.29 is 5.11 Å². The first-order valence-electron chi connectivity index (χ1n) is 9.88. The van der Waals surface area contributed by atoms with Crippen LogP contribution < -0.4 is 0 Å². The molecule has 0 unspecified atom stereocenters. The molecule has 28 heavy (non-hydrogen) atoms. The Labute approximate surface area is 170 Å². The van der Waals surface area contributed by atoms with Gasteiger partial charge in [-0.2, -0.15) is 0 Å². The van der Waals surface area contributed by atoms with Crippen LogP contribution >= 0.6 is 0 Å². The predicted octanol–water partition coefficient (Wildman–Crippen LogP) is 7.96. The average Bonchev–Trinajstić information content (AvgIpc) is 2.65. The van der Waals surface area contributed by atoms with Crippen LogP contribution in [0.15, 0.2) is 78.9 Å². The molecular formula is C27H32O. The smallest absolute Gasteiger partial charge is 0.115 e. The highest BCUT2D eigenvalue weighted by Gasteiger charge is 2.03. The van der Waals surface area contributed by atoms with E-state index in [1.54, 1.807) is 12.1 Å². The molecule has 0 spiro atoms. The Balaban J connectivity index is 0.000000203. The van der Waals surface area contributed by atoms with Crippen molar-refractivity contribution in [2.24, 2.45) is 11.3 Å². The Morgan fingerprint density at radius 1 is 0.750 bits per heavy atom. The Kier molecular flexibility index (Phi) is 7.63. The maximum atomic E-state index is 9.06. The van der Waals surface area contributed by atoms with E-state index in [2.05, 4.69) is 101 Å². The van der Waals surface area contributed by atoms with Crippen molar-refractivity contribution in [2.45, 2.75) is 34.6 Å². The summed E-state index contributed by atoms with van der Waals surface area (Å²) in [4.78, 5) is 0. The lowest BCUT2D eigenvalue weighted by atomic mass is 9.95. The number of aromatic hydroxyl groups is 1. The van der Waals surface area contributed by atoms with Crippen molar-refractivity contribution in [1.82, 2.24) is 0 Å². The number of allylic oxidation sites excluding steroid dienone is 2. The molecule has 1 nitrogen and oxygen atoms in total. The Morgan fingerprint density at radius 3 is 1.96 bits per heavy atom. The summed E-state index contributed by atoms with van der Waals surface area (Å²) < 4.78 is 0. The standard InChI is InChI=1S/C15H16.C12H16O/c1-12(2)7-8-13-9-10-14-5-3-4-6-15(14)11-13;1-12(2,3)9-8-10-4-6-11(13)7-5-10/h3-12H,1-2H3;4-9,13H,1-3H3/b8-7+;9-8+. The van der Waals surface area contributed by atoms with Gasteiger partial charge in [-0.25, -0.2) is 0 Å². The Hall–Kier alpha value is -2.80. The minimum absolute atomic E-state index is 0.206. The van der Waals surface area contributed by atoms with Gasteiger partial charge in [0.05, 0.1) is 0 Å². The number of phenols is 1. The molecule has 0 amide bonds. The number of phenolic OH excluding ortho intramolecular Hbond substituents is 1. The molecule has 0 aliphatic carbocycles. The zero-order valence-corrected chi connectivity index (χ0v) is 17.7. The van der Waals surface area contributed by atoms with Gasteiger partial charge in [0.1, 0.15) is 5.75 Å². The molecule has 0 saturated carbocycles. The third-order valence-electron chi connectivity index (χ3n) is 4.12. The summed E-state index contributed by atoms with van der Waals surface area (Å²) >= 11 is 0. The minimum Gasteiger partial charge on any atom is -0.508 e. The van der Waals surface area contributed by atoms with Crippen molar-refractivity contribution in [1.29, 1.82) is 0 Å². The van der Waals surface area contributed by atoms with Crippen LogP contribution in [0.2, 0.25) is 0 Å². The zero-order valence-electron chi connectivity index (χ0n) is 17.7. The van der Waals surface area contributed by atoms with E-state index in [9.17, 15) is 0 Å². The van der Waals surface area contributed by atoms with E-state index < -0.39 is 0 Å². The van der Waals surface area contributed by atoms with Gasteiger partial charge in [0.25, 0.3) is 0 Å². The van der Waals surface area contributed by atoms with Crippen molar-refractivity contribution in [3.8, 4) is 5.75 Å². The number of hydrogen-bond donors (Lipinski definition) is 1. The number of benzene rings is 3. The van der Waals surface area contributed by atoms with Gasteiger partial charge in [0.2, 0.25) is 0 Å².